The average Bonchev–Trinajstić information content (AvgIpc) is 3.01. The Kier molecular flexibility index (Phi) is 2.88. The first-order valence-corrected chi connectivity index (χ1v) is 6.05. The number of aromatic nitrogens is 2. The van der Waals surface area contributed by atoms with Crippen molar-refractivity contribution in [1.82, 2.24) is 15.5 Å². The molecule has 0 saturated carbocycles. The minimum absolute atomic E-state index is 0.322. The molecule has 1 aromatic rings. The van der Waals surface area contributed by atoms with E-state index < -0.39 is 0 Å². The second kappa shape index (κ2) is 4.51. The van der Waals surface area contributed by atoms with Gasteiger partial charge in [0.2, 0.25) is 11.8 Å². The van der Waals surface area contributed by atoms with Gasteiger partial charge in [0.05, 0.1) is 12.5 Å². The molecule has 1 atom stereocenters. The molecular formula is C11H17N3O2. The number of hydrogen-bond donors (Lipinski definition) is 1. The first-order valence-electron chi connectivity index (χ1n) is 6.05. The van der Waals surface area contributed by atoms with Gasteiger partial charge in [0.1, 0.15) is 0 Å². The molecule has 0 radical (unpaired) electrons. The maximum atomic E-state index is 5.78. The summed E-state index contributed by atoms with van der Waals surface area (Å²) in [7, 11) is 0. The van der Waals surface area contributed by atoms with E-state index in [0.29, 0.717) is 11.8 Å². The third-order valence-electron chi connectivity index (χ3n) is 3.42. The summed E-state index contributed by atoms with van der Waals surface area (Å²) in [5, 5.41) is 11.7. The van der Waals surface area contributed by atoms with Gasteiger partial charge in [-0.15, -0.1) is 10.2 Å². The fourth-order valence-electron chi connectivity index (χ4n) is 2.37. The van der Waals surface area contributed by atoms with E-state index in [1.165, 1.54) is 0 Å². The van der Waals surface area contributed by atoms with Gasteiger partial charge >= 0.3 is 0 Å². The van der Waals surface area contributed by atoms with Crippen LogP contribution in [-0.4, -0.2) is 36.5 Å². The standard InChI is InChI=1S/C11H17N3O2/c1-4-12-5-2-8(1)10-13-14-11(16-10)9-3-6-15-7-9/h8-9,12H,1-7H2. The Labute approximate surface area is 94.6 Å². The zero-order chi connectivity index (χ0) is 10.8. The second-order valence-corrected chi connectivity index (χ2v) is 4.56. The normalized spacial score (nSPS) is 27.4. The Bertz CT molecular complexity index is 341. The maximum absolute atomic E-state index is 5.78. The zero-order valence-electron chi connectivity index (χ0n) is 9.32. The van der Waals surface area contributed by atoms with Gasteiger partial charge in [-0.1, -0.05) is 0 Å². The Morgan fingerprint density at radius 2 is 1.75 bits per heavy atom. The lowest BCUT2D eigenvalue weighted by Gasteiger charge is -2.18. The van der Waals surface area contributed by atoms with Crippen molar-refractivity contribution in [2.24, 2.45) is 0 Å². The van der Waals surface area contributed by atoms with Crippen LogP contribution in [0, 0.1) is 0 Å². The molecule has 1 unspecified atom stereocenters. The van der Waals surface area contributed by atoms with Crippen LogP contribution in [0.4, 0.5) is 0 Å². The number of rotatable bonds is 2. The van der Waals surface area contributed by atoms with Crippen LogP contribution >= 0.6 is 0 Å². The van der Waals surface area contributed by atoms with Gasteiger partial charge in [-0.05, 0) is 32.4 Å². The van der Waals surface area contributed by atoms with Gasteiger partial charge < -0.3 is 14.5 Å². The Hall–Kier alpha value is -0.940. The van der Waals surface area contributed by atoms with E-state index in [0.717, 1.165) is 57.3 Å². The van der Waals surface area contributed by atoms with Crippen molar-refractivity contribution in [3.63, 3.8) is 0 Å². The summed E-state index contributed by atoms with van der Waals surface area (Å²) in [5.41, 5.74) is 0. The maximum Gasteiger partial charge on any atom is 0.222 e. The van der Waals surface area contributed by atoms with Crippen molar-refractivity contribution in [2.45, 2.75) is 31.1 Å². The van der Waals surface area contributed by atoms with Crippen molar-refractivity contribution in [3.8, 4) is 0 Å². The highest BCUT2D eigenvalue weighted by Gasteiger charge is 2.26. The van der Waals surface area contributed by atoms with Crippen LogP contribution in [0.5, 0.6) is 0 Å². The van der Waals surface area contributed by atoms with Gasteiger partial charge in [-0.25, -0.2) is 0 Å². The van der Waals surface area contributed by atoms with Crippen LogP contribution in [0.25, 0.3) is 0 Å². The van der Waals surface area contributed by atoms with E-state index in [-0.39, 0.29) is 0 Å². The molecule has 0 aromatic carbocycles. The van der Waals surface area contributed by atoms with E-state index in [2.05, 4.69) is 15.5 Å². The summed E-state index contributed by atoms with van der Waals surface area (Å²) >= 11 is 0. The van der Waals surface area contributed by atoms with E-state index in [4.69, 9.17) is 9.15 Å². The van der Waals surface area contributed by atoms with Gasteiger partial charge in [0.15, 0.2) is 0 Å². The molecule has 2 aliphatic rings. The van der Waals surface area contributed by atoms with Crippen LogP contribution in [0.3, 0.4) is 0 Å². The second-order valence-electron chi connectivity index (χ2n) is 4.56. The molecule has 2 aliphatic heterocycles. The lowest BCUT2D eigenvalue weighted by molar-refractivity contribution is 0.190. The van der Waals surface area contributed by atoms with Crippen molar-refractivity contribution < 1.29 is 9.15 Å². The fourth-order valence-corrected chi connectivity index (χ4v) is 2.37. The van der Waals surface area contributed by atoms with Gasteiger partial charge in [0, 0.05) is 12.5 Å². The molecule has 3 rings (SSSR count). The van der Waals surface area contributed by atoms with E-state index >= 15 is 0 Å². The largest absolute Gasteiger partial charge is 0.425 e. The predicted octanol–water partition coefficient (Wildman–Crippen LogP) is 1.04. The quantitative estimate of drug-likeness (QED) is 0.811. The molecule has 2 saturated heterocycles. The summed E-state index contributed by atoms with van der Waals surface area (Å²) in [6, 6.07) is 0. The van der Waals surface area contributed by atoms with Crippen molar-refractivity contribution in [1.29, 1.82) is 0 Å². The minimum atomic E-state index is 0.322. The summed E-state index contributed by atoms with van der Waals surface area (Å²) < 4.78 is 11.1. The lowest BCUT2D eigenvalue weighted by atomic mass is 9.98. The number of nitrogens with one attached hydrogen (secondary N) is 1. The average molecular weight is 223 g/mol. The van der Waals surface area contributed by atoms with Gasteiger partial charge in [0.25, 0.3) is 0 Å². The Morgan fingerprint density at radius 1 is 1.00 bits per heavy atom. The monoisotopic (exact) mass is 223 g/mol. The molecule has 0 spiro atoms. The number of ether oxygens (including phenoxy) is 1. The molecular weight excluding hydrogens is 206 g/mol. The molecule has 1 aromatic heterocycles. The molecule has 1 N–H and O–H groups in total. The molecule has 0 aliphatic carbocycles. The summed E-state index contributed by atoms with van der Waals surface area (Å²) in [6.45, 7) is 3.65. The minimum Gasteiger partial charge on any atom is -0.425 e. The summed E-state index contributed by atoms with van der Waals surface area (Å²) in [5.74, 6) is 2.36. The predicted molar refractivity (Wildman–Crippen MR) is 57.3 cm³/mol. The van der Waals surface area contributed by atoms with Crippen molar-refractivity contribution >= 4 is 0 Å². The molecule has 5 heteroatoms. The highest BCUT2D eigenvalue weighted by atomic mass is 16.5. The smallest absolute Gasteiger partial charge is 0.222 e. The lowest BCUT2D eigenvalue weighted by Crippen LogP contribution is -2.26. The van der Waals surface area contributed by atoms with Crippen LogP contribution in [0.1, 0.15) is 42.9 Å². The van der Waals surface area contributed by atoms with Crippen LogP contribution in [-0.2, 0) is 4.74 Å². The third-order valence-corrected chi connectivity index (χ3v) is 3.42. The van der Waals surface area contributed by atoms with Crippen molar-refractivity contribution in [2.75, 3.05) is 26.3 Å². The Balaban J connectivity index is 1.71. The molecule has 5 nitrogen and oxygen atoms in total. The molecule has 88 valence electrons. The van der Waals surface area contributed by atoms with Gasteiger partial charge in [-0.3, -0.25) is 0 Å². The van der Waals surface area contributed by atoms with Gasteiger partial charge in [-0.2, -0.15) is 0 Å². The van der Waals surface area contributed by atoms with E-state index in [1.807, 2.05) is 0 Å². The van der Waals surface area contributed by atoms with E-state index in [1.54, 1.807) is 0 Å². The van der Waals surface area contributed by atoms with Crippen LogP contribution in [0.2, 0.25) is 0 Å². The summed E-state index contributed by atoms with van der Waals surface area (Å²) in [6.07, 6.45) is 3.21. The Morgan fingerprint density at radius 3 is 2.44 bits per heavy atom. The van der Waals surface area contributed by atoms with Crippen LogP contribution in [0.15, 0.2) is 4.42 Å². The molecule has 2 fully saturated rings. The molecule has 3 heterocycles. The summed E-state index contributed by atoms with van der Waals surface area (Å²) in [4.78, 5) is 0. The molecule has 0 bridgehead atoms. The first kappa shape index (κ1) is 10.2. The topological polar surface area (TPSA) is 60.2 Å². The molecule has 16 heavy (non-hydrogen) atoms. The van der Waals surface area contributed by atoms with E-state index in [9.17, 15) is 0 Å². The highest BCUT2D eigenvalue weighted by molar-refractivity contribution is 4.98. The van der Waals surface area contributed by atoms with Crippen LogP contribution < -0.4 is 5.32 Å². The number of piperidine rings is 1. The number of hydrogen-bond acceptors (Lipinski definition) is 5. The third kappa shape index (κ3) is 1.97. The first-order chi connectivity index (χ1) is 7.93. The highest BCUT2D eigenvalue weighted by Crippen LogP contribution is 2.28. The van der Waals surface area contributed by atoms with Crippen molar-refractivity contribution in [3.05, 3.63) is 11.8 Å². The molecule has 0 amide bonds. The fraction of sp³-hybridized carbons (Fsp3) is 0.818. The SMILES string of the molecule is C1CC(c2nnc(C3CCOC3)o2)CCN1. The number of nitrogens with zero attached hydrogens (tertiary/aromatic N) is 2. The zero-order valence-corrected chi connectivity index (χ0v) is 9.32.